The van der Waals surface area contributed by atoms with Crippen LogP contribution in [-0.2, 0) is 9.84 Å². The second-order valence-corrected chi connectivity index (χ2v) is 7.39. The summed E-state index contributed by atoms with van der Waals surface area (Å²) in [5, 5.41) is 6.27. The molecule has 0 saturated heterocycles. The van der Waals surface area contributed by atoms with E-state index in [9.17, 15) is 8.42 Å². The Balaban J connectivity index is 2.80. The predicted molar refractivity (Wildman–Crippen MR) is 83.1 cm³/mol. The Hall–Kier alpha value is -1.37. The highest BCUT2D eigenvalue weighted by Crippen LogP contribution is 2.16. The molecule has 2 N–H and O–H groups in total. The first-order chi connectivity index (χ1) is 9.31. The van der Waals surface area contributed by atoms with Crippen molar-refractivity contribution in [3.63, 3.8) is 0 Å². The number of nitrogens with one attached hydrogen (secondary N) is 2. The molecule has 20 heavy (non-hydrogen) atoms. The minimum atomic E-state index is -2.97. The zero-order chi connectivity index (χ0) is 15.2. The average Bonchev–Trinajstić information content (AvgIpc) is 2.34. The second-order valence-electron chi connectivity index (χ2n) is 5.13. The summed E-state index contributed by atoms with van der Waals surface area (Å²) in [6.07, 6.45) is 2.24. The van der Waals surface area contributed by atoms with E-state index in [0.717, 1.165) is 24.6 Å². The zero-order valence-corrected chi connectivity index (χ0v) is 13.4. The molecular formula is C13H24N4O2S. The van der Waals surface area contributed by atoms with Crippen molar-refractivity contribution in [3.05, 3.63) is 11.9 Å². The van der Waals surface area contributed by atoms with Gasteiger partial charge in [-0.05, 0) is 6.42 Å². The third-order valence-corrected chi connectivity index (χ3v) is 3.54. The fraction of sp³-hybridized carbons (Fsp3) is 0.692. The van der Waals surface area contributed by atoms with Gasteiger partial charge in [0, 0.05) is 31.3 Å². The summed E-state index contributed by atoms with van der Waals surface area (Å²) < 4.78 is 22.2. The predicted octanol–water partition coefficient (Wildman–Crippen LogP) is 1.88. The van der Waals surface area contributed by atoms with Crippen LogP contribution in [0.15, 0.2) is 6.07 Å². The van der Waals surface area contributed by atoms with Crippen molar-refractivity contribution in [2.24, 2.45) is 0 Å². The summed E-state index contributed by atoms with van der Waals surface area (Å²) in [5.41, 5.74) is 0. The molecule has 7 heteroatoms. The van der Waals surface area contributed by atoms with Crippen LogP contribution in [-0.4, -0.2) is 43.5 Å². The van der Waals surface area contributed by atoms with Gasteiger partial charge in [-0.25, -0.2) is 18.4 Å². The van der Waals surface area contributed by atoms with Gasteiger partial charge in [0.15, 0.2) is 0 Å². The van der Waals surface area contributed by atoms with Crippen LogP contribution in [0, 0.1) is 0 Å². The van der Waals surface area contributed by atoms with Crippen LogP contribution in [0.2, 0.25) is 0 Å². The highest BCUT2D eigenvalue weighted by atomic mass is 32.2. The van der Waals surface area contributed by atoms with E-state index in [-0.39, 0.29) is 11.7 Å². The molecule has 0 unspecified atom stereocenters. The van der Waals surface area contributed by atoms with Crippen LogP contribution >= 0.6 is 0 Å². The van der Waals surface area contributed by atoms with E-state index < -0.39 is 9.84 Å². The van der Waals surface area contributed by atoms with Crippen LogP contribution in [0.25, 0.3) is 0 Å². The quantitative estimate of drug-likeness (QED) is 0.762. The Kier molecular flexibility index (Phi) is 6.19. The summed E-state index contributed by atoms with van der Waals surface area (Å²) in [6, 6.07) is 1.81. The SMILES string of the molecule is CCCNc1cc(NCCS(C)(=O)=O)nc(C(C)C)n1. The fourth-order valence-corrected chi connectivity index (χ4v) is 2.00. The van der Waals surface area contributed by atoms with Gasteiger partial charge in [-0.1, -0.05) is 20.8 Å². The minimum Gasteiger partial charge on any atom is -0.370 e. The van der Waals surface area contributed by atoms with Crippen molar-refractivity contribution in [1.82, 2.24) is 9.97 Å². The lowest BCUT2D eigenvalue weighted by Gasteiger charge is -2.12. The monoisotopic (exact) mass is 300 g/mol. The Bertz CT molecular complexity index is 529. The highest BCUT2D eigenvalue weighted by molar-refractivity contribution is 7.90. The zero-order valence-electron chi connectivity index (χ0n) is 12.6. The highest BCUT2D eigenvalue weighted by Gasteiger charge is 2.08. The molecule has 1 aromatic heterocycles. The molecule has 0 amide bonds. The maximum Gasteiger partial charge on any atom is 0.149 e. The van der Waals surface area contributed by atoms with Crippen molar-refractivity contribution in [2.45, 2.75) is 33.1 Å². The molecule has 114 valence electrons. The maximum atomic E-state index is 11.1. The van der Waals surface area contributed by atoms with Gasteiger partial charge in [0.05, 0.1) is 5.75 Å². The third kappa shape index (κ3) is 6.18. The van der Waals surface area contributed by atoms with Crippen molar-refractivity contribution < 1.29 is 8.42 Å². The molecule has 0 aliphatic carbocycles. The van der Waals surface area contributed by atoms with Crippen molar-refractivity contribution in [1.29, 1.82) is 0 Å². The molecule has 0 atom stereocenters. The molecule has 1 heterocycles. The van der Waals surface area contributed by atoms with Crippen LogP contribution in [0.5, 0.6) is 0 Å². The van der Waals surface area contributed by atoms with Crippen LogP contribution in [0.1, 0.15) is 38.9 Å². The summed E-state index contributed by atoms with van der Waals surface area (Å²) in [5.74, 6) is 2.48. The second kappa shape index (κ2) is 7.42. The first kappa shape index (κ1) is 16.7. The number of anilines is 2. The molecule has 0 aliphatic rings. The standard InChI is InChI=1S/C13H24N4O2S/c1-5-6-14-11-9-12(15-7-8-20(4,18)19)17-13(16-11)10(2)3/h9-10H,5-8H2,1-4H3,(H2,14,15,16,17). The topological polar surface area (TPSA) is 84.0 Å². The van der Waals surface area contributed by atoms with Gasteiger partial charge in [-0.3, -0.25) is 0 Å². The molecule has 0 aliphatic heterocycles. The van der Waals surface area contributed by atoms with Crippen molar-refractivity contribution in [3.8, 4) is 0 Å². The molecule has 0 saturated carbocycles. The molecular weight excluding hydrogens is 276 g/mol. The fourth-order valence-electron chi connectivity index (χ4n) is 1.52. The van der Waals surface area contributed by atoms with Gasteiger partial charge < -0.3 is 10.6 Å². The van der Waals surface area contributed by atoms with Gasteiger partial charge in [0.25, 0.3) is 0 Å². The molecule has 0 fully saturated rings. The average molecular weight is 300 g/mol. The van der Waals surface area contributed by atoms with E-state index in [0.29, 0.717) is 12.4 Å². The molecule has 0 radical (unpaired) electrons. The Morgan fingerprint density at radius 3 is 2.15 bits per heavy atom. The Labute approximate surface area is 121 Å². The molecule has 6 nitrogen and oxygen atoms in total. The van der Waals surface area contributed by atoms with E-state index in [1.165, 1.54) is 6.26 Å². The van der Waals surface area contributed by atoms with Gasteiger partial charge >= 0.3 is 0 Å². The Morgan fingerprint density at radius 2 is 1.70 bits per heavy atom. The van der Waals surface area contributed by atoms with Crippen LogP contribution < -0.4 is 10.6 Å². The molecule has 0 bridgehead atoms. The normalized spacial score (nSPS) is 11.7. The largest absolute Gasteiger partial charge is 0.370 e. The van der Waals surface area contributed by atoms with Crippen molar-refractivity contribution >= 4 is 21.5 Å². The summed E-state index contributed by atoms with van der Waals surface area (Å²) in [4.78, 5) is 8.85. The number of nitrogens with zero attached hydrogens (tertiary/aromatic N) is 2. The first-order valence-electron chi connectivity index (χ1n) is 6.86. The molecule has 1 rings (SSSR count). The lowest BCUT2D eigenvalue weighted by molar-refractivity contribution is 0.602. The lowest BCUT2D eigenvalue weighted by Crippen LogP contribution is -2.16. The third-order valence-electron chi connectivity index (χ3n) is 2.59. The van der Waals surface area contributed by atoms with Crippen molar-refractivity contribution in [2.75, 3.05) is 35.7 Å². The number of rotatable bonds is 8. The number of aromatic nitrogens is 2. The minimum absolute atomic E-state index is 0.0890. The number of hydrogen-bond donors (Lipinski definition) is 2. The van der Waals surface area contributed by atoms with Gasteiger partial charge in [-0.2, -0.15) is 0 Å². The van der Waals surface area contributed by atoms with E-state index in [2.05, 4.69) is 27.5 Å². The van der Waals surface area contributed by atoms with E-state index >= 15 is 0 Å². The molecule has 0 aromatic carbocycles. The van der Waals surface area contributed by atoms with Gasteiger partial charge in [-0.15, -0.1) is 0 Å². The van der Waals surface area contributed by atoms with Crippen LogP contribution in [0.4, 0.5) is 11.6 Å². The molecule has 0 spiro atoms. The van der Waals surface area contributed by atoms with E-state index in [4.69, 9.17) is 0 Å². The summed E-state index contributed by atoms with van der Waals surface area (Å²) in [7, 11) is -2.97. The maximum absolute atomic E-state index is 11.1. The Morgan fingerprint density at radius 1 is 1.15 bits per heavy atom. The molecule has 1 aromatic rings. The van der Waals surface area contributed by atoms with E-state index in [1.54, 1.807) is 0 Å². The van der Waals surface area contributed by atoms with Gasteiger partial charge in [0.1, 0.15) is 27.3 Å². The number of sulfone groups is 1. The smallest absolute Gasteiger partial charge is 0.149 e. The number of hydrogen-bond acceptors (Lipinski definition) is 6. The van der Waals surface area contributed by atoms with E-state index in [1.807, 2.05) is 19.9 Å². The summed E-state index contributed by atoms with van der Waals surface area (Å²) >= 11 is 0. The van der Waals surface area contributed by atoms with Crippen LogP contribution in [0.3, 0.4) is 0 Å². The summed E-state index contributed by atoms with van der Waals surface area (Å²) in [6.45, 7) is 7.33. The first-order valence-corrected chi connectivity index (χ1v) is 8.92. The lowest BCUT2D eigenvalue weighted by atomic mass is 10.2. The van der Waals surface area contributed by atoms with Gasteiger partial charge in [0.2, 0.25) is 0 Å².